The molecule has 5 N–H and O–H groups in total. The van der Waals surface area contributed by atoms with Crippen molar-refractivity contribution in [3.8, 4) is 0 Å². The van der Waals surface area contributed by atoms with E-state index in [1.807, 2.05) is 0 Å². The second-order valence-electron chi connectivity index (χ2n) is 4.46. The molecule has 0 saturated carbocycles. The van der Waals surface area contributed by atoms with Crippen molar-refractivity contribution >= 4 is 16.7 Å². The fourth-order valence-electron chi connectivity index (χ4n) is 2.23. The zero-order chi connectivity index (χ0) is 13.6. The maximum absolute atomic E-state index is 9.95. The first-order valence-electron chi connectivity index (χ1n) is 5.83. The summed E-state index contributed by atoms with van der Waals surface area (Å²) in [6, 6.07) is 1.64. The van der Waals surface area contributed by atoms with Crippen LogP contribution in [0.5, 0.6) is 0 Å². The first-order chi connectivity index (χ1) is 9.13. The van der Waals surface area contributed by atoms with Crippen molar-refractivity contribution < 1.29 is 20.1 Å². The monoisotopic (exact) mass is 266 g/mol. The Kier molecular flexibility index (Phi) is 2.86. The average Bonchev–Trinajstić information content (AvgIpc) is 2.94. The number of anilines is 1. The standard InChI is InChI=1S/C11H14N4O4/c12-6-1-2-13-10-5(6)3-14-15(10)11-9(18)8(17)7(4-16)19-11/h1-3,7-9,11,16-18H,4H2,(H2,12,13)/t7-,8-,9-,11?/m1/s1. The van der Waals surface area contributed by atoms with Gasteiger partial charge in [0.1, 0.15) is 18.3 Å². The number of ether oxygens (including phenoxy) is 1. The second kappa shape index (κ2) is 4.42. The van der Waals surface area contributed by atoms with E-state index in [0.29, 0.717) is 16.7 Å². The fraction of sp³-hybridized carbons (Fsp3) is 0.455. The summed E-state index contributed by atoms with van der Waals surface area (Å²) in [5.74, 6) is 0. The van der Waals surface area contributed by atoms with E-state index < -0.39 is 24.5 Å². The Bertz CT molecular complexity index is 601. The van der Waals surface area contributed by atoms with E-state index in [-0.39, 0.29) is 6.61 Å². The molecule has 8 nitrogen and oxygen atoms in total. The van der Waals surface area contributed by atoms with Crippen LogP contribution in [0.2, 0.25) is 0 Å². The van der Waals surface area contributed by atoms with Crippen molar-refractivity contribution in [2.45, 2.75) is 24.5 Å². The number of aliphatic hydroxyl groups excluding tert-OH is 3. The molecule has 1 aliphatic rings. The molecule has 0 aliphatic carbocycles. The van der Waals surface area contributed by atoms with Gasteiger partial charge in [0, 0.05) is 11.9 Å². The highest BCUT2D eigenvalue weighted by Gasteiger charge is 2.44. The molecular weight excluding hydrogens is 252 g/mol. The van der Waals surface area contributed by atoms with Crippen molar-refractivity contribution in [1.82, 2.24) is 14.8 Å². The Morgan fingerprint density at radius 1 is 1.37 bits per heavy atom. The Hall–Kier alpha value is -1.74. The summed E-state index contributed by atoms with van der Waals surface area (Å²) in [6.45, 7) is -0.385. The first kappa shape index (κ1) is 12.3. The van der Waals surface area contributed by atoms with Gasteiger partial charge in [-0.3, -0.25) is 0 Å². The van der Waals surface area contributed by atoms with Gasteiger partial charge in [-0.15, -0.1) is 0 Å². The van der Waals surface area contributed by atoms with Crippen molar-refractivity contribution in [2.24, 2.45) is 0 Å². The summed E-state index contributed by atoms with van der Waals surface area (Å²) < 4.78 is 6.75. The Morgan fingerprint density at radius 2 is 2.16 bits per heavy atom. The highest BCUT2D eigenvalue weighted by molar-refractivity contribution is 5.87. The maximum Gasteiger partial charge on any atom is 0.181 e. The minimum Gasteiger partial charge on any atom is -0.398 e. The molecule has 0 radical (unpaired) electrons. The summed E-state index contributed by atoms with van der Waals surface area (Å²) in [5.41, 5.74) is 6.77. The number of nitrogens with two attached hydrogens (primary N) is 1. The van der Waals surface area contributed by atoms with Gasteiger partial charge in [0.2, 0.25) is 0 Å². The van der Waals surface area contributed by atoms with Gasteiger partial charge < -0.3 is 25.8 Å². The second-order valence-corrected chi connectivity index (χ2v) is 4.46. The van der Waals surface area contributed by atoms with E-state index >= 15 is 0 Å². The van der Waals surface area contributed by atoms with Crippen LogP contribution in [0.3, 0.4) is 0 Å². The van der Waals surface area contributed by atoms with Crippen LogP contribution in [0.25, 0.3) is 11.0 Å². The SMILES string of the molecule is Nc1ccnc2c1cnn2C1O[C@H](CO)[C@@H](O)[C@H]1O. The summed E-state index contributed by atoms with van der Waals surface area (Å²) in [4.78, 5) is 4.14. The van der Waals surface area contributed by atoms with E-state index in [9.17, 15) is 10.2 Å². The van der Waals surface area contributed by atoms with Gasteiger partial charge in [0.15, 0.2) is 11.9 Å². The van der Waals surface area contributed by atoms with Crippen LogP contribution in [0, 0.1) is 0 Å². The van der Waals surface area contributed by atoms with Crippen LogP contribution >= 0.6 is 0 Å². The third-order valence-corrected chi connectivity index (χ3v) is 3.29. The van der Waals surface area contributed by atoms with Crippen LogP contribution in [0.15, 0.2) is 18.5 Å². The number of hydrogen-bond acceptors (Lipinski definition) is 7. The van der Waals surface area contributed by atoms with E-state index in [0.717, 1.165) is 0 Å². The highest BCUT2D eigenvalue weighted by atomic mass is 16.6. The molecule has 2 aromatic rings. The quantitative estimate of drug-likeness (QED) is 0.528. The zero-order valence-corrected chi connectivity index (χ0v) is 9.92. The molecular formula is C11H14N4O4. The number of aromatic nitrogens is 3. The molecule has 1 fully saturated rings. The number of nitrogens with zero attached hydrogens (tertiary/aromatic N) is 3. The fourth-order valence-corrected chi connectivity index (χ4v) is 2.23. The van der Waals surface area contributed by atoms with Gasteiger partial charge in [-0.25, -0.2) is 9.67 Å². The molecule has 0 bridgehead atoms. The van der Waals surface area contributed by atoms with Crippen LogP contribution in [-0.2, 0) is 4.74 Å². The largest absolute Gasteiger partial charge is 0.398 e. The first-order valence-corrected chi connectivity index (χ1v) is 5.83. The molecule has 0 amide bonds. The van der Waals surface area contributed by atoms with Gasteiger partial charge in [0.05, 0.1) is 18.2 Å². The minimum absolute atomic E-state index is 0.385. The molecule has 3 rings (SSSR count). The van der Waals surface area contributed by atoms with E-state index in [4.69, 9.17) is 15.6 Å². The highest BCUT2D eigenvalue weighted by Crippen LogP contribution is 2.31. The molecule has 102 valence electrons. The number of aliphatic hydroxyl groups is 3. The lowest BCUT2D eigenvalue weighted by Gasteiger charge is -2.15. The van der Waals surface area contributed by atoms with Gasteiger partial charge in [-0.05, 0) is 6.07 Å². The molecule has 0 spiro atoms. The normalized spacial score (nSPS) is 31.1. The number of pyridine rings is 1. The molecule has 8 heteroatoms. The van der Waals surface area contributed by atoms with E-state index in [1.54, 1.807) is 6.07 Å². The molecule has 1 unspecified atom stereocenters. The number of fused-ring (bicyclic) bond motifs is 1. The lowest BCUT2D eigenvalue weighted by molar-refractivity contribution is -0.0566. The number of nitrogen functional groups attached to an aromatic ring is 1. The zero-order valence-electron chi connectivity index (χ0n) is 9.92. The summed E-state index contributed by atoms with van der Waals surface area (Å²) in [6.07, 6.45) is -1.07. The van der Waals surface area contributed by atoms with Gasteiger partial charge in [0.25, 0.3) is 0 Å². The van der Waals surface area contributed by atoms with E-state index in [2.05, 4.69) is 10.1 Å². The Balaban J connectivity index is 2.04. The van der Waals surface area contributed by atoms with Crippen molar-refractivity contribution in [3.63, 3.8) is 0 Å². The maximum atomic E-state index is 9.95. The summed E-state index contributed by atoms with van der Waals surface area (Å²) in [5, 5.41) is 33.5. The van der Waals surface area contributed by atoms with Crippen molar-refractivity contribution in [1.29, 1.82) is 0 Å². The molecule has 0 aromatic carbocycles. The summed E-state index contributed by atoms with van der Waals surface area (Å²) in [7, 11) is 0. The lowest BCUT2D eigenvalue weighted by Crippen LogP contribution is -2.33. The Labute approximate surface area is 108 Å². The predicted octanol–water partition coefficient (Wildman–Crippen LogP) is -1.38. The van der Waals surface area contributed by atoms with Crippen LogP contribution < -0.4 is 5.73 Å². The molecule has 4 atom stereocenters. The van der Waals surface area contributed by atoms with Gasteiger partial charge in [-0.1, -0.05) is 0 Å². The van der Waals surface area contributed by atoms with Crippen molar-refractivity contribution in [2.75, 3.05) is 12.3 Å². The van der Waals surface area contributed by atoms with Crippen LogP contribution in [0.1, 0.15) is 6.23 Å². The molecule has 2 aromatic heterocycles. The number of hydrogen-bond donors (Lipinski definition) is 4. The third-order valence-electron chi connectivity index (χ3n) is 3.29. The predicted molar refractivity (Wildman–Crippen MR) is 64.9 cm³/mol. The molecule has 19 heavy (non-hydrogen) atoms. The van der Waals surface area contributed by atoms with E-state index in [1.165, 1.54) is 17.1 Å². The smallest absolute Gasteiger partial charge is 0.181 e. The van der Waals surface area contributed by atoms with Gasteiger partial charge in [-0.2, -0.15) is 5.10 Å². The molecule has 1 saturated heterocycles. The number of rotatable bonds is 2. The summed E-state index contributed by atoms with van der Waals surface area (Å²) >= 11 is 0. The van der Waals surface area contributed by atoms with Gasteiger partial charge >= 0.3 is 0 Å². The van der Waals surface area contributed by atoms with Crippen molar-refractivity contribution in [3.05, 3.63) is 18.5 Å². The Morgan fingerprint density at radius 3 is 2.84 bits per heavy atom. The van der Waals surface area contributed by atoms with Crippen LogP contribution in [0.4, 0.5) is 5.69 Å². The van der Waals surface area contributed by atoms with Crippen LogP contribution in [-0.4, -0.2) is 55.0 Å². The molecule has 3 heterocycles. The minimum atomic E-state index is -1.19. The lowest BCUT2D eigenvalue weighted by atomic mass is 10.1. The average molecular weight is 266 g/mol. The topological polar surface area (TPSA) is 127 Å². The third kappa shape index (κ3) is 1.77. The molecule has 1 aliphatic heterocycles.